The minimum atomic E-state index is -0.703. The molecule has 0 bridgehead atoms. The Morgan fingerprint density at radius 2 is 1.87 bits per heavy atom. The van der Waals surface area contributed by atoms with E-state index in [-0.39, 0.29) is 30.8 Å². The Morgan fingerprint density at radius 3 is 2.27 bits per heavy atom. The molecule has 5 nitrogen and oxygen atoms in total. The molecule has 1 saturated carbocycles. The number of amides is 2. The first-order valence-corrected chi connectivity index (χ1v) is 4.88. The number of hydrogen-bond donors (Lipinski definition) is 3. The number of likely N-dealkylation sites (N-methyl/N-ethyl adjacent to an activating group) is 1. The van der Waals surface area contributed by atoms with E-state index in [0.29, 0.717) is 12.8 Å². The first-order valence-electron chi connectivity index (χ1n) is 4.88. The fourth-order valence-corrected chi connectivity index (χ4v) is 1.94. The second-order valence-electron chi connectivity index (χ2n) is 3.62. The van der Waals surface area contributed by atoms with Crippen LogP contribution in [-0.2, 0) is 9.59 Å². The monoisotopic (exact) mass is 235 g/mol. The summed E-state index contributed by atoms with van der Waals surface area (Å²) >= 11 is 0. The lowest BCUT2D eigenvalue weighted by Gasteiger charge is -2.27. The third-order valence-corrected chi connectivity index (χ3v) is 2.68. The largest absolute Gasteiger partial charge is 0.357 e. The van der Waals surface area contributed by atoms with Crippen molar-refractivity contribution < 1.29 is 9.59 Å². The van der Waals surface area contributed by atoms with E-state index in [4.69, 9.17) is 5.73 Å². The average Bonchev–Trinajstić information content (AvgIpc) is 2.66. The quantitative estimate of drug-likeness (QED) is 0.619. The maximum Gasteiger partial charge on any atom is 0.245 e. The molecular formula is C9H18ClN3O2. The summed E-state index contributed by atoms with van der Waals surface area (Å²) < 4.78 is 0. The van der Waals surface area contributed by atoms with Gasteiger partial charge in [-0.3, -0.25) is 9.59 Å². The lowest BCUT2D eigenvalue weighted by atomic mass is 9.96. The van der Waals surface area contributed by atoms with Gasteiger partial charge in [-0.25, -0.2) is 0 Å². The number of rotatable bonds is 3. The number of halogens is 1. The van der Waals surface area contributed by atoms with E-state index in [2.05, 4.69) is 10.6 Å². The molecule has 6 heteroatoms. The number of nitrogens with one attached hydrogen (secondary N) is 2. The second kappa shape index (κ2) is 5.92. The lowest BCUT2D eigenvalue weighted by Crippen LogP contribution is -2.57. The maximum atomic E-state index is 11.6. The van der Waals surface area contributed by atoms with E-state index in [0.717, 1.165) is 12.8 Å². The van der Waals surface area contributed by atoms with Crippen molar-refractivity contribution >= 4 is 24.2 Å². The summed E-state index contributed by atoms with van der Waals surface area (Å²) in [7, 11) is 1.58. The summed E-state index contributed by atoms with van der Waals surface area (Å²) in [5.74, 6) is -0.382. The smallest absolute Gasteiger partial charge is 0.245 e. The highest BCUT2D eigenvalue weighted by molar-refractivity contribution is 5.92. The molecule has 0 aromatic heterocycles. The van der Waals surface area contributed by atoms with Crippen molar-refractivity contribution in [3.63, 3.8) is 0 Å². The Bertz CT molecular complexity index is 240. The van der Waals surface area contributed by atoms with Crippen molar-refractivity contribution in [2.75, 3.05) is 13.6 Å². The van der Waals surface area contributed by atoms with Crippen LogP contribution < -0.4 is 16.4 Å². The van der Waals surface area contributed by atoms with Gasteiger partial charge in [0.1, 0.15) is 5.54 Å². The minimum Gasteiger partial charge on any atom is -0.357 e. The van der Waals surface area contributed by atoms with Crippen molar-refractivity contribution in [3.05, 3.63) is 0 Å². The standard InChI is InChI=1S/C9H17N3O2.ClH/c1-11-8(14)9(4-2-3-5-9)12-7(13)6-10;/h2-6,10H2,1H3,(H,11,14)(H,12,13);1H. The van der Waals surface area contributed by atoms with Gasteiger partial charge in [0.25, 0.3) is 0 Å². The van der Waals surface area contributed by atoms with Gasteiger partial charge in [-0.2, -0.15) is 0 Å². The van der Waals surface area contributed by atoms with Gasteiger partial charge in [-0.1, -0.05) is 12.8 Å². The summed E-state index contributed by atoms with van der Waals surface area (Å²) in [5, 5.41) is 5.30. The third kappa shape index (κ3) is 3.07. The number of carbonyl (C=O) groups excluding carboxylic acids is 2. The zero-order valence-electron chi connectivity index (χ0n) is 8.84. The molecular weight excluding hydrogens is 218 g/mol. The summed E-state index contributed by atoms with van der Waals surface area (Å²) in [6.45, 7) is -0.0707. The van der Waals surface area contributed by atoms with E-state index in [9.17, 15) is 9.59 Å². The van der Waals surface area contributed by atoms with Crippen LogP contribution in [0.1, 0.15) is 25.7 Å². The van der Waals surface area contributed by atoms with E-state index in [1.807, 2.05) is 0 Å². The van der Waals surface area contributed by atoms with Gasteiger partial charge in [0, 0.05) is 7.05 Å². The van der Waals surface area contributed by atoms with Gasteiger partial charge in [0.2, 0.25) is 11.8 Å². The lowest BCUT2D eigenvalue weighted by molar-refractivity contribution is -0.132. The molecule has 0 unspecified atom stereocenters. The Hall–Kier alpha value is -0.810. The Balaban J connectivity index is 0.00000196. The van der Waals surface area contributed by atoms with Gasteiger partial charge < -0.3 is 16.4 Å². The average molecular weight is 236 g/mol. The highest BCUT2D eigenvalue weighted by atomic mass is 35.5. The number of nitrogens with two attached hydrogens (primary N) is 1. The van der Waals surface area contributed by atoms with Crippen LogP contribution in [0.3, 0.4) is 0 Å². The summed E-state index contributed by atoms with van der Waals surface area (Å²) in [6, 6.07) is 0. The molecule has 4 N–H and O–H groups in total. The molecule has 0 saturated heterocycles. The maximum absolute atomic E-state index is 11.6. The fourth-order valence-electron chi connectivity index (χ4n) is 1.94. The third-order valence-electron chi connectivity index (χ3n) is 2.68. The molecule has 1 fully saturated rings. The summed E-state index contributed by atoms with van der Waals surface area (Å²) in [5.41, 5.74) is 4.50. The van der Waals surface area contributed by atoms with Gasteiger partial charge in [0.15, 0.2) is 0 Å². The topological polar surface area (TPSA) is 84.2 Å². The van der Waals surface area contributed by atoms with Crippen LogP contribution in [0.4, 0.5) is 0 Å². The molecule has 0 aromatic rings. The summed E-state index contributed by atoms with van der Waals surface area (Å²) in [4.78, 5) is 22.8. The SMILES string of the molecule is CNC(=O)C1(NC(=O)CN)CCCC1.Cl. The number of carbonyl (C=O) groups is 2. The first-order chi connectivity index (χ1) is 6.64. The zero-order chi connectivity index (χ0) is 10.6. The highest BCUT2D eigenvalue weighted by Crippen LogP contribution is 2.29. The Labute approximate surface area is 95.6 Å². The van der Waals surface area contributed by atoms with Crippen molar-refractivity contribution in [2.45, 2.75) is 31.2 Å². The normalized spacial score (nSPS) is 17.7. The highest BCUT2D eigenvalue weighted by Gasteiger charge is 2.41. The van der Waals surface area contributed by atoms with Crippen molar-refractivity contribution in [1.29, 1.82) is 0 Å². The van der Waals surface area contributed by atoms with E-state index < -0.39 is 5.54 Å². The molecule has 0 aliphatic heterocycles. The van der Waals surface area contributed by atoms with Gasteiger partial charge in [0.05, 0.1) is 6.54 Å². The molecule has 0 heterocycles. The van der Waals surface area contributed by atoms with Crippen molar-refractivity contribution in [1.82, 2.24) is 10.6 Å². The molecule has 15 heavy (non-hydrogen) atoms. The molecule has 0 spiro atoms. The van der Waals surface area contributed by atoms with Crippen molar-refractivity contribution in [3.8, 4) is 0 Å². The molecule has 2 amide bonds. The summed E-state index contributed by atoms with van der Waals surface area (Å²) in [6.07, 6.45) is 3.35. The van der Waals surface area contributed by atoms with Crippen LogP contribution >= 0.6 is 12.4 Å². The van der Waals surface area contributed by atoms with Crippen LogP contribution in [0.2, 0.25) is 0 Å². The number of hydrogen-bond acceptors (Lipinski definition) is 3. The second-order valence-corrected chi connectivity index (χ2v) is 3.62. The van der Waals surface area contributed by atoms with E-state index >= 15 is 0 Å². The van der Waals surface area contributed by atoms with E-state index in [1.165, 1.54) is 0 Å². The van der Waals surface area contributed by atoms with Crippen LogP contribution in [0, 0.1) is 0 Å². The predicted molar refractivity (Wildman–Crippen MR) is 59.7 cm³/mol. The first kappa shape index (κ1) is 14.2. The fraction of sp³-hybridized carbons (Fsp3) is 0.778. The van der Waals surface area contributed by atoms with Crippen LogP contribution in [-0.4, -0.2) is 30.9 Å². The van der Waals surface area contributed by atoms with Gasteiger partial charge in [-0.05, 0) is 12.8 Å². The van der Waals surface area contributed by atoms with Crippen LogP contribution in [0.5, 0.6) is 0 Å². The minimum absolute atomic E-state index is 0. The zero-order valence-corrected chi connectivity index (χ0v) is 9.65. The Morgan fingerprint density at radius 1 is 1.33 bits per heavy atom. The molecule has 0 atom stereocenters. The molecule has 1 aliphatic rings. The molecule has 0 radical (unpaired) electrons. The Kier molecular flexibility index (Phi) is 5.60. The van der Waals surface area contributed by atoms with Crippen molar-refractivity contribution in [2.24, 2.45) is 5.73 Å². The van der Waals surface area contributed by atoms with Gasteiger partial charge >= 0.3 is 0 Å². The molecule has 1 aliphatic carbocycles. The van der Waals surface area contributed by atoms with E-state index in [1.54, 1.807) is 7.05 Å². The van der Waals surface area contributed by atoms with Gasteiger partial charge in [-0.15, -0.1) is 12.4 Å². The predicted octanol–water partition coefficient (Wildman–Crippen LogP) is -0.458. The molecule has 88 valence electrons. The van der Waals surface area contributed by atoms with Crippen LogP contribution in [0.25, 0.3) is 0 Å². The molecule has 0 aromatic carbocycles. The van der Waals surface area contributed by atoms with Crippen LogP contribution in [0.15, 0.2) is 0 Å². The molecule has 1 rings (SSSR count).